The number of amides is 1. The van der Waals surface area contributed by atoms with E-state index in [1.54, 1.807) is 18.5 Å². The second-order valence-electron chi connectivity index (χ2n) is 5.08. The van der Waals surface area contributed by atoms with Gasteiger partial charge in [0.1, 0.15) is 4.88 Å². The molecule has 6 nitrogen and oxygen atoms in total. The molecule has 0 fully saturated rings. The van der Waals surface area contributed by atoms with E-state index in [0.29, 0.717) is 21.6 Å². The van der Waals surface area contributed by atoms with Gasteiger partial charge < -0.3 is 10.4 Å². The van der Waals surface area contributed by atoms with Crippen molar-refractivity contribution in [2.45, 2.75) is 26.3 Å². The fraction of sp³-hybridized carbons (Fsp3) is 0.429. The van der Waals surface area contributed by atoms with Crippen molar-refractivity contribution in [3.63, 3.8) is 0 Å². The largest absolute Gasteiger partial charge is 0.394 e. The number of hydrogen-bond donors (Lipinski definition) is 2. The first-order valence-corrected chi connectivity index (χ1v) is 7.56. The normalized spacial score (nSPS) is 12.4. The molecule has 1 amide bonds. The lowest BCUT2D eigenvalue weighted by molar-refractivity contribution is 0.0912. The summed E-state index contributed by atoms with van der Waals surface area (Å²) in [6.07, 6.45) is 5.51. The molecular weight excluding hydrogens is 288 g/mol. The van der Waals surface area contributed by atoms with Crippen LogP contribution < -0.4 is 5.32 Å². The number of nitrogens with one attached hydrogen (secondary N) is 1. The minimum Gasteiger partial charge on any atom is -0.394 e. The molecular formula is C14H18N4O2S. The molecule has 112 valence electrons. The van der Waals surface area contributed by atoms with Crippen LogP contribution in [0.4, 0.5) is 0 Å². The Bertz CT molecular complexity index is 586. The molecule has 21 heavy (non-hydrogen) atoms. The van der Waals surface area contributed by atoms with E-state index in [-0.39, 0.29) is 18.6 Å². The van der Waals surface area contributed by atoms with Crippen molar-refractivity contribution in [3.05, 3.63) is 29.5 Å². The quantitative estimate of drug-likeness (QED) is 0.848. The second-order valence-corrected chi connectivity index (χ2v) is 6.12. The summed E-state index contributed by atoms with van der Waals surface area (Å²) in [4.78, 5) is 25.0. The minimum absolute atomic E-state index is 0.0720. The third kappa shape index (κ3) is 4.30. The standard InChI is InChI=1S/C14H18N4O2S/c1-9(2)6-10(8-19)18-13(20)11-7-17-14(21-11)12-15-4-3-5-16-12/h3-5,7,9-10,19H,6,8H2,1-2H3,(H,18,20). The molecule has 0 aliphatic heterocycles. The van der Waals surface area contributed by atoms with E-state index in [9.17, 15) is 9.90 Å². The van der Waals surface area contributed by atoms with Crippen molar-refractivity contribution in [1.82, 2.24) is 20.3 Å². The average Bonchev–Trinajstić information content (AvgIpc) is 2.97. The van der Waals surface area contributed by atoms with Crippen LogP contribution in [-0.2, 0) is 0 Å². The van der Waals surface area contributed by atoms with E-state index in [1.807, 2.05) is 13.8 Å². The molecule has 2 aromatic heterocycles. The summed E-state index contributed by atoms with van der Waals surface area (Å²) < 4.78 is 0. The zero-order chi connectivity index (χ0) is 15.2. The van der Waals surface area contributed by atoms with Crippen molar-refractivity contribution < 1.29 is 9.90 Å². The molecule has 2 heterocycles. The van der Waals surface area contributed by atoms with Gasteiger partial charge in [-0.15, -0.1) is 11.3 Å². The van der Waals surface area contributed by atoms with E-state index in [4.69, 9.17) is 0 Å². The van der Waals surface area contributed by atoms with Gasteiger partial charge >= 0.3 is 0 Å². The van der Waals surface area contributed by atoms with E-state index in [1.165, 1.54) is 17.5 Å². The van der Waals surface area contributed by atoms with Gasteiger partial charge in [-0.25, -0.2) is 15.0 Å². The van der Waals surface area contributed by atoms with Crippen molar-refractivity contribution in [1.29, 1.82) is 0 Å². The SMILES string of the molecule is CC(C)CC(CO)NC(=O)c1cnc(-c2ncccn2)s1. The summed E-state index contributed by atoms with van der Waals surface area (Å²) in [5.41, 5.74) is 0. The van der Waals surface area contributed by atoms with Crippen LogP contribution in [0.15, 0.2) is 24.7 Å². The van der Waals surface area contributed by atoms with Gasteiger partial charge in [-0.05, 0) is 18.4 Å². The second kappa shape index (κ2) is 7.24. The maximum Gasteiger partial charge on any atom is 0.263 e. The number of nitrogens with zero attached hydrogens (tertiary/aromatic N) is 3. The molecule has 0 radical (unpaired) electrons. The maximum atomic E-state index is 12.1. The van der Waals surface area contributed by atoms with Crippen molar-refractivity contribution >= 4 is 17.2 Å². The van der Waals surface area contributed by atoms with Gasteiger partial charge in [-0.1, -0.05) is 13.8 Å². The highest BCUT2D eigenvalue weighted by atomic mass is 32.1. The predicted molar refractivity (Wildman–Crippen MR) is 80.9 cm³/mol. The summed E-state index contributed by atoms with van der Waals surface area (Å²) in [5.74, 6) is 0.675. The number of thiazole rings is 1. The Kier molecular flexibility index (Phi) is 5.35. The van der Waals surface area contributed by atoms with Crippen LogP contribution in [0.5, 0.6) is 0 Å². The third-order valence-electron chi connectivity index (χ3n) is 2.80. The summed E-state index contributed by atoms with van der Waals surface area (Å²) in [5, 5.41) is 12.7. The van der Waals surface area contributed by atoms with Crippen LogP contribution in [0.25, 0.3) is 10.8 Å². The predicted octanol–water partition coefficient (Wildman–Crippen LogP) is 1.74. The fourth-order valence-electron chi connectivity index (χ4n) is 1.90. The van der Waals surface area contributed by atoms with Crippen LogP contribution >= 0.6 is 11.3 Å². The van der Waals surface area contributed by atoms with Crippen LogP contribution in [0, 0.1) is 5.92 Å². The molecule has 1 unspecified atom stereocenters. The first-order valence-electron chi connectivity index (χ1n) is 6.75. The molecule has 0 saturated carbocycles. The Hall–Kier alpha value is -1.86. The van der Waals surface area contributed by atoms with E-state index < -0.39 is 0 Å². The lowest BCUT2D eigenvalue weighted by Crippen LogP contribution is -2.38. The summed E-state index contributed by atoms with van der Waals surface area (Å²) in [6, 6.07) is 1.48. The number of aromatic nitrogens is 3. The number of aliphatic hydroxyl groups excluding tert-OH is 1. The molecule has 1 atom stereocenters. The smallest absolute Gasteiger partial charge is 0.263 e. The summed E-state index contributed by atoms with van der Waals surface area (Å²) >= 11 is 1.24. The maximum absolute atomic E-state index is 12.1. The molecule has 2 aromatic rings. The highest BCUT2D eigenvalue weighted by Crippen LogP contribution is 2.21. The number of carbonyl (C=O) groups is 1. The number of hydrogen-bond acceptors (Lipinski definition) is 6. The highest BCUT2D eigenvalue weighted by Gasteiger charge is 2.17. The van der Waals surface area contributed by atoms with Crippen LogP contribution in [0.1, 0.15) is 29.9 Å². The average molecular weight is 306 g/mol. The zero-order valence-electron chi connectivity index (χ0n) is 12.0. The first-order chi connectivity index (χ1) is 10.1. The van der Waals surface area contributed by atoms with E-state index in [2.05, 4.69) is 20.3 Å². The topological polar surface area (TPSA) is 88.0 Å². The molecule has 2 rings (SSSR count). The van der Waals surface area contributed by atoms with Gasteiger partial charge in [0, 0.05) is 12.4 Å². The lowest BCUT2D eigenvalue weighted by atomic mass is 10.0. The van der Waals surface area contributed by atoms with Gasteiger partial charge in [0.2, 0.25) is 0 Å². The van der Waals surface area contributed by atoms with Crippen molar-refractivity contribution in [2.24, 2.45) is 5.92 Å². The molecule has 0 aromatic carbocycles. The lowest BCUT2D eigenvalue weighted by Gasteiger charge is -2.17. The zero-order valence-corrected chi connectivity index (χ0v) is 12.8. The Morgan fingerprint density at radius 1 is 1.33 bits per heavy atom. The van der Waals surface area contributed by atoms with Gasteiger partial charge in [0.05, 0.1) is 18.8 Å². The molecule has 7 heteroatoms. The fourth-order valence-corrected chi connectivity index (χ4v) is 2.66. The monoisotopic (exact) mass is 306 g/mol. The van der Waals surface area contributed by atoms with Crippen LogP contribution in [0.3, 0.4) is 0 Å². The van der Waals surface area contributed by atoms with Gasteiger partial charge in [0.15, 0.2) is 10.8 Å². The number of rotatable bonds is 6. The third-order valence-corrected chi connectivity index (χ3v) is 3.79. The molecule has 2 N–H and O–H groups in total. The molecule has 0 aliphatic carbocycles. The van der Waals surface area contributed by atoms with E-state index >= 15 is 0 Å². The van der Waals surface area contributed by atoms with Crippen molar-refractivity contribution in [2.75, 3.05) is 6.61 Å². The number of aliphatic hydroxyl groups is 1. The Morgan fingerprint density at radius 3 is 2.67 bits per heavy atom. The van der Waals surface area contributed by atoms with E-state index in [0.717, 1.165) is 6.42 Å². The molecule has 0 saturated heterocycles. The van der Waals surface area contributed by atoms with Crippen LogP contribution in [-0.4, -0.2) is 38.6 Å². The van der Waals surface area contributed by atoms with Gasteiger partial charge in [0.25, 0.3) is 5.91 Å². The van der Waals surface area contributed by atoms with Crippen molar-refractivity contribution in [3.8, 4) is 10.8 Å². The number of carbonyl (C=O) groups excluding carboxylic acids is 1. The van der Waals surface area contributed by atoms with Gasteiger partial charge in [-0.3, -0.25) is 4.79 Å². The Balaban J connectivity index is 2.05. The first kappa shape index (κ1) is 15.5. The minimum atomic E-state index is -0.240. The summed E-state index contributed by atoms with van der Waals surface area (Å²) in [7, 11) is 0. The van der Waals surface area contributed by atoms with Crippen LogP contribution in [0.2, 0.25) is 0 Å². The summed E-state index contributed by atoms with van der Waals surface area (Å²) in [6.45, 7) is 4.02. The molecule has 0 bridgehead atoms. The Labute approximate surface area is 127 Å². The Morgan fingerprint density at radius 2 is 2.05 bits per heavy atom. The molecule has 0 aliphatic rings. The highest BCUT2D eigenvalue weighted by molar-refractivity contribution is 7.16. The van der Waals surface area contributed by atoms with Gasteiger partial charge in [-0.2, -0.15) is 0 Å². The molecule has 0 spiro atoms.